The van der Waals surface area contributed by atoms with Crippen molar-refractivity contribution in [2.45, 2.75) is 72.3 Å². The summed E-state index contributed by atoms with van der Waals surface area (Å²) in [6.07, 6.45) is 2.44. The quantitative estimate of drug-likeness (QED) is 0.423. The highest BCUT2D eigenvalue weighted by Crippen LogP contribution is 2.21. The minimum atomic E-state index is -0.700. The monoisotopic (exact) mass is 498 g/mol. The van der Waals surface area contributed by atoms with Crippen molar-refractivity contribution in [3.63, 3.8) is 0 Å². The van der Waals surface area contributed by atoms with Crippen LogP contribution in [0.3, 0.4) is 0 Å². The summed E-state index contributed by atoms with van der Waals surface area (Å²) in [7, 11) is 0. The minimum Gasteiger partial charge on any atom is -0.461 e. The van der Waals surface area contributed by atoms with Gasteiger partial charge in [-0.3, -0.25) is 14.6 Å². The molecule has 1 aromatic carbocycles. The van der Waals surface area contributed by atoms with Crippen LogP contribution in [-0.4, -0.2) is 47.2 Å². The molecule has 2 unspecified atom stereocenters. The average molecular weight is 499 g/mol. The van der Waals surface area contributed by atoms with Gasteiger partial charge in [0.1, 0.15) is 12.2 Å². The first kappa shape index (κ1) is 28.8. The molecule has 1 heterocycles. The summed E-state index contributed by atoms with van der Waals surface area (Å²) in [5.74, 6) is -0.716. The molecule has 0 aliphatic carbocycles. The summed E-state index contributed by atoms with van der Waals surface area (Å²) in [5, 5.41) is 8.83. The summed E-state index contributed by atoms with van der Waals surface area (Å²) in [6, 6.07) is 11.5. The Labute approximate surface area is 213 Å². The van der Waals surface area contributed by atoms with Crippen LogP contribution in [-0.2, 0) is 25.7 Å². The molecule has 9 heteroatoms. The number of carbonyl (C=O) groups is 3. The van der Waals surface area contributed by atoms with Crippen molar-refractivity contribution in [3.05, 3.63) is 60.4 Å². The Morgan fingerprint density at radius 2 is 1.58 bits per heavy atom. The molecular weight excluding hydrogens is 460 g/mol. The van der Waals surface area contributed by atoms with Crippen LogP contribution in [0.2, 0.25) is 0 Å². The lowest BCUT2D eigenvalue weighted by atomic mass is 9.86. The van der Waals surface area contributed by atoms with E-state index in [4.69, 9.17) is 9.47 Å². The lowest BCUT2D eigenvalue weighted by Gasteiger charge is -2.32. The van der Waals surface area contributed by atoms with Gasteiger partial charge in [0.2, 0.25) is 5.91 Å². The van der Waals surface area contributed by atoms with Crippen LogP contribution in [0.25, 0.3) is 0 Å². The van der Waals surface area contributed by atoms with E-state index in [-0.39, 0.29) is 25.5 Å². The molecule has 9 nitrogen and oxygen atoms in total. The summed E-state index contributed by atoms with van der Waals surface area (Å²) in [4.78, 5) is 42.1. The van der Waals surface area contributed by atoms with Crippen LogP contribution in [0.4, 0.5) is 10.5 Å². The number of esters is 1. The number of pyridine rings is 1. The van der Waals surface area contributed by atoms with Gasteiger partial charge in [-0.15, -0.1) is 0 Å². The number of hydrogen-bond donors (Lipinski definition) is 3. The standard InChI is InChI=1S/C27H38N4O5/c1-26(2,3)23(24(33)30-20-12-14-28-15-13-20)29-17-21(31-25(34)36-27(4,5)6)16-22(32)35-18-19-10-8-7-9-11-19/h7-15,21,23,29H,16-18H2,1-6H3,(H,31,34)(H,28,30,33). The van der Waals surface area contributed by atoms with Gasteiger partial charge in [0.15, 0.2) is 0 Å². The molecule has 0 spiro atoms. The number of rotatable bonds is 10. The van der Waals surface area contributed by atoms with E-state index in [1.807, 2.05) is 51.1 Å². The Balaban J connectivity index is 2.07. The maximum absolute atomic E-state index is 13.1. The minimum absolute atomic E-state index is 0.0953. The molecule has 2 aromatic rings. The number of aromatic nitrogens is 1. The zero-order valence-electron chi connectivity index (χ0n) is 22.0. The van der Waals surface area contributed by atoms with Crippen molar-refractivity contribution in [3.8, 4) is 0 Å². The normalized spacial score (nSPS) is 13.3. The maximum atomic E-state index is 13.1. The van der Waals surface area contributed by atoms with Gasteiger partial charge in [0, 0.05) is 24.6 Å². The van der Waals surface area contributed by atoms with E-state index in [0.29, 0.717) is 5.69 Å². The predicted octanol–water partition coefficient (Wildman–Crippen LogP) is 4.05. The summed E-state index contributed by atoms with van der Waals surface area (Å²) in [6.45, 7) is 11.3. The number of ether oxygens (including phenoxy) is 2. The van der Waals surface area contributed by atoms with Crippen molar-refractivity contribution in [1.29, 1.82) is 0 Å². The van der Waals surface area contributed by atoms with Gasteiger partial charge < -0.3 is 25.4 Å². The van der Waals surface area contributed by atoms with Crippen molar-refractivity contribution in [2.24, 2.45) is 5.41 Å². The largest absolute Gasteiger partial charge is 0.461 e. The van der Waals surface area contributed by atoms with Gasteiger partial charge in [-0.25, -0.2) is 4.79 Å². The first-order valence-electron chi connectivity index (χ1n) is 12.0. The number of benzene rings is 1. The van der Waals surface area contributed by atoms with Gasteiger partial charge in [-0.2, -0.15) is 0 Å². The molecule has 0 saturated carbocycles. The summed E-state index contributed by atoms with van der Waals surface area (Å²) in [5.41, 5.74) is 0.329. The lowest BCUT2D eigenvalue weighted by molar-refractivity contribution is -0.145. The number of anilines is 1. The zero-order chi connectivity index (χ0) is 26.8. The van der Waals surface area contributed by atoms with Crippen LogP contribution < -0.4 is 16.0 Å². The SMILES string of the molecule is CC(C)(C)OC(=O)NC(CNC(C(=O)Nc1ccncc1)C(C)(C)C)CC(=O)OCc1ccccc1. The van der Waals surface area contributed by atoms with Gasteiger partial charge in [-0.1, -0.05) is 51.1 Å². The fraction of sp³-hybridized carbons (Fsp3) is 0.481. The number of nitrogens with one attached hydrogen (secondary N) is 3. The van der Waals surface area contributed by atoms with E-state index in [0.717, 1.165) is 5.56 Å². The second-order valence-electron chi connectivity index (χ2n) is 10.6. The summed E-state index contributed by atoms with van der Waals surface area (Å²) < 4.78 is 10.8. The second-order valence-corrected chi connectivity index (χ2v) is 10.6. The smallest absolute Gasteiger partial charge is 0.407 e. The Bertz CT molecular complexity index is 985. The van der Waals surface area contributed by atoms with Crippen molar-refractivity contribution < 1.29 is 23.9 Å². The molecule has 196 valence electrons. The number of amides is 2. The van der Waals surface area contributed by atoms with Crippen LogP contribution in [0.1, 0.15) is 53.5 Å². The Hall–Kier alpha value is -3.46. The molecule has 2 amide bonds. The highest BCUT2D eigenvalue weighted by atomic mass is 16.6. The molecule has 0 aliphatic rings. The third-order valence-electron chi connectivity index (χ3n) is 5.02. The molecule has 2 rings (SSSR count). The molecular formula is C27H38N4O5. The third-order valence-corrected chi connectivity index (χ3v) is 5.02. The van der Waals surface area contributed by atoms with E-state index in [1.165, 1.54) is 0 Å². The fourth-order valence-electron chi connectivity index (χ4n) is 3.35. The molecule has 0 aliphatic heterocycles. The maximum Gasteiger partial charge on any atom is 0.407 e. The Morgan fingerprint density at radius 1 is 0.944 bits per heavy atom. The van der Waals surface area contributed by atoms with Gasteiger partial charge in [-0.05, 0) is 43.9 Å². The fourth-order valence-corrected chi connectivity index (χ4v) is 3.35. The molecule has 36 heavy (non-hydrogen) atoms. The van der Waals surface area contributed by atoms with Crippen LogP contribution in [0.5, 0.6) is 0 Å². The Kier molecular flexibility index (Phi) is 10.4. The van der Waals surface area contributed by atoms with Gasteiger partial charge in [0.25, 0.3) is 0 Å². The topological polar surface area (TPSA) is 119 Å². The molecule has 0 saturated heterocycles. The van der Waals surface area contributed by atoms with Crippen molar-refractivity contribution in [2.75, 3.05) is 11.9 Å². The average Bonchev–Trinajstić information content (AvgIpc) is 2.77. The van der Waals surface area contributed by atoms with E-state index in [9.17, 15) is 14.4 Å². The molecule has 3 N–H and O–H groups in total. The molecule has 1 aromatic heterocycles. The van der Waals surface area contributed by atoms with Crippen LogP contribution >= 0.6 is 0 Å². The third kappa shape index (κ3) is 10.9. The van der Waals surface area contributed by atoms with Gasteiger partial charge in [0.05, 0.1) is 18.5 Å². The van der Waals surface area contributed by atoms with E-state index in [2.05, 4.69) is 20.9 Å². The summed E-state index contributed by atoms with van der Waals surface area (Å²) >= 11 is 0. The Morgan fingerprint density at radius 3 is 2.17 bits per heavy atom. The number of alkyl carbamates (subject to hydrolysis) is 1. The number of nitrogens with zero attached hydrogens (tertiary/aromatic N) is 1. The number of hydrogen-bond acceptors (Lipinski definition) is 7. The lowest BCUT2D eigenvalue weighted by Crippen LogP contribution is -2.54. The van der Waals surface area contributed by atoms with E-state index < -0.39 is 35.2 Å². The van der Waals surface area contributed by atoms with Crippen molar-refractivity contribution in [1.82, 2.24) is 15.6 Å². The predicted molar refractivity (Wildman–Crippen MR) is 138 cm³/mol. The van der Waals surface area contributed by atoms with Crippen LogP contribution in [0.15, 0.2) is 54.9 Å². The zero-order valence-corrected chi connectivity index (χ0v) is 22.0. The first-order valence-corrected chi connectivity index (χ1v) is 12.0. The van der Waals surface area contributed by atoms with E-state index in [1.54, 1.807) is 45.3 Å². The highest BCUT2D eigenvalue weighted by Gasteiger charge is 2.32. The van der Waals surface area contributed by atoms with Crippen LogP contribution in [0, 0.1) is 5.41 Å². The molecule has 0 bridgehead atoms. The van der Waals surface area contributed by atoms with Gasteiger partial charge >= 0.3 is 12.1 Å². The molecule has 0 radical (unpaired) electrons. The highest BCUT2D eigenvalue weighted by molar-refractivity contribution is 5.95. The molecule has 0 fully saturated rings. The van der Waals surface area contributed by atoms with Crippen molar-refractivity contribution >= 4 is 23.7 Å². The number of carbonyl (C=O) groups excluding carboxylic acids is 3. The molecule has 2 atom stereocenters. The van der Waals surface area contributed by atoms with E-state index >= 15 is 0 Å². The first-order chi connectivity index (χ1) is 16.8. The second kappa shape index (κ2) is 13.0.